The molecule has 1 aliphatic carbocycles. The zero-order valence-corrected chi connectivity index (χ0v) is 9.64. The molecule has 2 rings (SSSR count). The highest BCUT2D eigenvalue weighted by molar-refractivity contribution is 8.00. The number of thioether (sulfide) groups is 1. The van der Waals surface area contributed by atoms with Crippen molar-refractivity contribution < 1.29 is 4.39 Å². The Morgan fingerprint density at radius 2 is 1.93 bits per heavy atom. The van der Waals surface area contributed by atoms with E-state index in [0.717, 1.165) is 11.3 Å². The summed E-state index contributed by atoms with van der Waals surface area (Å²) in [6.07, 6.45) is 2.28. The molecule has 1 aromatic carbocycles. The molecule has 3 heteroatoms. The van der Waals surface area contributed by atoms with E-state index in [4.69, 9.17) is 5.73 Å². The maximum Gasteiger partial charge on any atom is 0.123 e. The average molecular weight is 225 g/mol. The Balaban J connectivity index is 2.00. The number of nitrogens with two attached hydrogens (primary N) is 1. The summed E-state index contributed by atoms with van der Waals surface area (Å²) >= 11 is 1.83. The minimum atomic E-state index is -0.171. The molecule has 0 bridgehead atoms. The molecule has 1 saturated carbocycles. The fraction of sp³-hybridized carbons (Fsp3) is 0.500. The lowest BCUT2D eigenvalue weighted by Crippen LogP contribution is -2.25. The molecule has 1 aliphatic rings. The minimum Gasteiger partial charge on any atom is -0.327 e. The molecule has 1 aromatic rings. The van der Waals surface area contributed by atoms with Gasteiger partial charge in [0.1, 0.15) is 5.82 Å². The van der Waals surface area contributed by atoms with Crippen LogP contribution >= 0.6 is 11.8 Å². The van der Waals surface area contributed by atoms with Crippen molar-refractivity contribution in [2.75, 3.05) is 0 Å². The molecule has 2 N–H and O–H groups in total. The fourth-order valence-corrected chi connectivity index (χ4v) is 3.33. The molecule has 0 heterocycles. The molecule has 15 heavy (non-hydrogen) atoms. The van der Waals surface area contributed by atoms with Gasteiger partial charge in [-0.3, -0.25) is 0 Å². The lowest BCUT2D eigenvalue weighted by molar-refractivity contribution is 0.535. The van der Waals surface area contributed by atoms with Crippen LogP contribution in [-0.2, 0) is 0 Å². The van der Waals surface area contributed by atoms with E-state index < -0.39 is 0 Å². The Morgan fingerprint density at radius 1 is 1.27 bits per heavy atom. The SMILES string of the molecule is CC1C(N)CCC1Sc1ccc(F)cc1. The van der Waals surface area contributed by atoms with Gasteiger partial charge in [0.2, 0.25) is 0 Å². The molecule has 0 radical (unpaired) electrons. The number of benzene rings is 1. The Kier molecular flexibility index (Phi) is 3.32. The summed E-state index contributed by atoms with van der Waals surface area (Å²) < 4.78 is 12.7. The minimum absolute atomic E-state index is 0.171. The predicted octanol–water partition coefficient (Wildman–Crippen LogP) is 3.04. The van der Waals surface area contributed by atoms with Crippen molar-refractivity contribution in [1.82, 2.24) is 0 Å². The zero-order valence-electron chi connectivity index (χ0n) is 8.82. The smallest absolute Gasteiger partial charge is 0.123 e. The molecule has 3 unspecified atom stereocenters. The third kappa shape index (κ3) is 2.52. The van der Waals surface area contributed by atoms with Crippen LogP contribution in [-0.4, -0.2) is 11.3 Å². The van der Waals surface area contributed by atoms with Crippen LogP contribution in [0, 0.1) is 11.7 Å². The average Bonchev–Trinajstić information content (AvgIpc) is 2.53. The van der Waals surface area contributed by atoms with Crippen LogP contribution in [0.15, 0.2) is 29.2 Å². The van der Waals surface area contributed by atoms with E-state index in [0.29, 0.717) is 17.2 Å². The summed E-state index contributed by atoms with van der Waals surface area (Å²) in [4.78, 5) is 1.14. The van der Waals surface area contributed by atoms with Gasteiger partial charge in [-0.15, -0.1) is 11.8 Å². The maximum atomic E-state index is 12.7. The molecule has 0 amide bonds. The molecule has 0 aromatic heterocycles. The normalized spacial score (nSPS) is 30.7. The van der Waals surface area contributed by atoms with Crippen molar-refractivity contribution >= 4 is 11.8 Å². The first-order valence-electron chi connectivity index (χ1n) is 5.34. The van der Waals surface area contributed by atoms with E-state index in [-0.39, 0.29) is 5.82 Å². The van der Waals surface area contributed by atoms with Crippen LogP contribution in [0.25, 0.3) is 0 Å². The van der Waals surface area contributed by atoms with Crippen molar-refractivity contribution in [3.8, 4) is 0 Å². The van der Waals surface area contributed by atoms with E-state index >= 15 is 0 Å². The van der Waals surface area contributed by atoms with Crippen LogP contribution in [0.1, 0.15) is 19.8 Å². The van der Waals surface area contributed by atoms with Gasteiger partial charge in [-0.2, -0.15) is 0 Å². The second kappa shape index (κ2) is 4.54. The zero-order chi connectivity index (χ0) is 10.8. The number of rotatable bonds is 2. The van der Waals surface area contributed by atoms with E-state index in [1.807, 2.05) is 23.9 Å². The second-order valence-electron chi connectivity index (χ2n) is 4.21. The van der Waals surface area contributed by atoms with Gasteiger partial charge in [-0.1, -0.05) is 6.92 Å². The van der Waals surface area contributed by atoms with Crippen molar-refractivity contribution in [1.29, 1.82) is 0 Å². The van der Waals surface area contributed by atoms with Crippen molar-refractivity contribution in [3.05, 3.63) is 30.1 Å². The molecule has 1 nitrogen and oxygen atoms in total. The van der Waals surface area contributed by atoms with Gasteiger partial charge in [-0.05, 0) is 43.0 Å². The van der Waals surface area contributed by atoms with Crippen molar-refractivity contribution in [2.45, 2.75) is 36.0 Å². The van der Waals surface area contributed by atoms with Crippen LogP contribution in [0.4, 0.5) is 4.39 Å². The summed E-state index contributed by atoms with van der Waals surface area (Å²) in [5.41, 5.74) is 5.97. The highest BCUT2D eigenvalue weighted by Crippen LogP contribution is 2.38. The number of halogens is 1. The first kappa shape index (κ1) is 11.0. The third-order valence-corrected chi connectivity index (χ3v) is 4.66. The Labute approximate surface area is 94.2 Å². The van der Waals surface area contributed by atoms with Gasteiger partial charge < -0.3 is 5.73 Å². The third-order valence-electron chi connectivity index (χ3n) is 3.15. The summed E-state index contributed by atoms with van der Waals surface area (Å²) in [5, 5.41) is 0.588. The van der Waals surface area contributed by atoms with Crippen LogP contribution < -0.4 is 5.73 Å². The van der Waals surface area contributed by atoms with Crippen LogP contribution in [0.3, 0.4) is 0 Å². The van der Waals surface area contributed by atoms with Crippen LogP contribution in [0.5, 0.6) is 0 Å². The van der Waals surface area contributed by atoms with Crippen LogP contribution in [0.2, 0.25) is 0 Å². The first-order valence-corrected chi connectivity index (χ1v) is 6.22. The van der Waals surface area contributed by atoms with E-state index in [1.54, 1.807) is 0 Å². The van der Waals surface area contributed by atoms with Gasteiger partial charge in [0, 0.05) is 16.2 Å². The summed E-state index contributed by atoms with van der Waals surface area (Å²) in [5.74, 6) is 0.385. The molecule has 0 spiro atoms. The Morgan fingerprint density at radius 3 is 2.47 bits per heavy atom. The van der Waals surface area contributed by atoms with Gasteiger partial charge >= 0.3 is 0 Å². The first-order chi connectivity index (χ1) is 7.16. The van der Waals surface area contributed by atoms with E-state index in [9.17, 15) is 4.39 Å². The molecule has 0 saturated heterocycles. The lowest BCUT2D eigenvalue weighted by Gasteiger charge is -2.17. The molecule has 3 atom stereocenters. The number of hydrogen-bond acceptors (Lipinski definition) is 2. The van der Waals surface area contributed by atoms with Crippen molar-refractivity contribution in [3.63, 3.8) is 0 Å². The highest BCUT2D eigenvalue weighted by atomic mass is 32.2. The standard InChI is InChI=1S/C12H16FNS/c1-8-11(14)6-7-12(8)15-10-4-2-9(13)3-5-10/h2-5,8,11-12H,6-7,14H2,1H3. The van der Waals surface area contributed by atoms with Gasteiger partial charge in [0.05, 0.1) is 0 Å². The summed E-state index contributed by atoms with van der Waals surface area (Å²) in [6, 6.07) is 7.06. The van der Waals surface area contributed by atoms with Crippen molar-refractivity contribution in [2.24, 2.45) is 11.7 Å². The fourth-order valence-electron chi connectivity index (χ4n) is 2.01. The summed E-state index contributed by atoms with van der Waals surface area (Å²) in [7, 11) is 0. The Hall–Kier alpha value is -0.540. The monoisotopic (exact) mass is 225 g/mol. The quantitative estimate of drug-likeness (QED) is 0.837. The Bertz CT molecular complexity index is 325. The molecule has 1 fully saturated rings. The second-order valence-corrected chi connectivity index (χ2v) is 5.52. The van der Waals surface area contributed by atoms with Gasteiger partial charge in [0.15, 0.2) is 0 Å². The highest BCUT2D eigenvalue weighted by Gasteiger charge is 2.30. The lowest BCUT2D eigenvalue weighted by atomic mass is 10.1. The van der Waals surface area contributed by atoms with Gasteiger partial charge in [-0.25, -0.2) is 4.39 Å². The predicted molar refractivity (Wildman–Crippen MR) is 62.4 cm³/mol. The molecule has 82 valence electrons. The molecular weight excluding hydrogens is 209 g/mol. The van der Waals surface area contributed by atoms with Gasteiger partial charge in [0.25, 0.3) is 0 Å². The molecule has 0 aliphatic heterocycles. The molecular formula is C12H16FNS. The van der Waals surface area contributed by atoms with E-state index in [2.05, 4.69) is 6.92 Å². The van der Waals surface area contributed by atoms with E-state index in [1.165, 1.54) is 18.6 Å². The maximum absolute atomic E-state index is 12.7. The summed E-state index contributed by atoms with van der Waals surface area (Å²) in [6.45, 7) is 2.21. The topological polar surface area (TPSA) is 26.0 Å². The largest absolute Gasteiger partial charge is 0.327 e. The number of hydrogen-bond donors (Lipinski definition) is 1.